The van der Waals surface area contributed by atoms with Crippen LogP contribution in [0.15, 0.2) is 35.9 Å². The highest BCUT2D eigenvalue weighted by molar-refractivity contribution is 6.06. The minimum Gasteiger partial charge on any atom is -0.376 e. The molecule has 1 saturated heterocycles. The maximum Gasteiger partial charge on any atom is 0.253 e. The summed E-state index contributed by atoms with van der Waals surface area (Å²) in [5, 5.41) is 5.61. The first-order valence-electron chi connectivity index (χ1n) is 7.51. The van der Waals surface area contributed by atoms with Gasteiger partial charge >= 0.3 is 0 Å². The Hall–Kier alpha value is -2.14. The third-order valence-electron chi connectivity index (χ3n) is 3.36. The molecule has 118 valence electrons. The molecule has 2 rings (SSSR count). The predicted molar refractivity (Wildman–Crippen MR) is 85.8 cm³/mol. The number of anilines is 1. The van der Waals surface area contributed by atoms with E-state index in [1.54, 1.807) is 24.3 Å². The zero-order valence-corrected chi connectivity index (χ0v) is 13.0. The predicted octanol–water partition coefficient (Wildman–Crippen LogP) is 2.50. The van der Waals surface area contributed by atoms with Gasteiger partial charge in [0.05, 0.1) is 17.4 Å². The van der Waals surface area contributed by atoms with Crippen LogP contribution in [-0.2, 0) is 9.53 Å². The summed E-state index contributed by atoms with van der Waals surface area (Å²) < 4.78 is 5.49. The molecule has 0 bridgehead atoms. The molecule has 0 saturated carbocycles. The van der Waals surface area contributed by atoms with E-state index in [9.17, 15) is 9.59 Å². The highest BCUT2D eigenvalue weighted by atomic mass is 16.5. The van der Waals surface area contributed by atoms with E-state index in [0.29, 0.717) is 17.8 Å². The summed E-state index contributed by atoms with van der Waals surface area (Å²) in [6, 6.07) is 6.98. The van der Waals surface area contributed by atoms with Crippen LogP contribution in [0.25, 0.3) is 0 Å². The van der Waals surface area contributed by atoms with Gasteiger partial charge in [-0.05, 0) is 38.8 Å². The number of para-hydroxylation sites is 1. The van der Waals surface area contributed by atoms with E-state index in [1.807, 2.05) is 13.8 Å². The molecule has 1 aromatic carbocycles. The molecule has 0 aromatic heterocycles. The van der Waals surface area contributed by atoms with E-state index in [4.69, 9.17) is 4.74 Å². The van der Waals surface area contributed by atoms with Crippen molar-refractivity contribution in [3.8, 4) is 0 Å². The number of carbonyl (C=O) groups excluding carboxylic acids is 2. The Bertz CT molecular complexity index is 571. The smallest absolute Gasteiger partial charge is 0.253 e. The molecule has 0 aliphatic carbocycles. The maximum atomic E-state index is 12.3. The summed E-state index contributed by atoms with van der Waals surface area (Å²) in [7, 11) is 0. The number of rotatable bonds is 5. The number of hydrogen-bond donors (Lipinski definition) is 2. The van der Waals surface area contributed by atoms with Crippen molar-refractivity contribution in [2.45, 2.75) is 32.8 Å². The van der Waals surface area contributed by atoms with Crippen LogP contribution in [0.4, 0.5) is 5.69 Å². The SMILES string of the molecule is CC(C)=CC(=O)Nc1ccccc1C(=O)NCC1CCCO1. The summed E-state index contributed by atoms with van der Waals surface area (Å²) in [4.78, 5) is 24.1. The fraction of sp³-hybridized carbons (Fsp3) is 0.412. The van der Waals surface area contributed by atoms with Gasteiger partial charge in [0, 0.05) is 19.2 Å². The van der Waals surface area contributed by atoms with E-state index < -0.39 is 0 Å². The second-order valence-corrected chi connectivity index (χ2v) is 5.60. The third kappa shape index (κ3) is 4.70. The van der Waals surface area contributed by atoms with E-state index in [-0.39, 0.29) is 17.9 Å². The molecule has 2 amide bonds. The van der Waals surface area contributed by atoms with Gasteiger partial charge in [0.25, 0.3) is 5.91 Å². The second-order valence-electron chi connectivity index (χ2n) is 5.60. The van der Waals surface area contributed by atoms with Crippen molar-refractivity contribution >= 4 is 17.5 Å². The lowest BCUT2D eigenvalue weighted by Gasteiger charge is -2.13. The monoisotopic (exact) mass is 302 g/mol. The number of carbonyl (C=O) groups is 2. The van der Waals surface area contributed by atoms with Crippen molar-refractivity contribution in [3.05, 3.63) is 41.5 Å². The van der Waals surface area contributed by atoms with Crippen LogP contribution in [0.3, 0.4) is 0 Å². The van der Waals surface area contributed by atoms with Crippen LogP contribution in [-0.4, -0.2) is 31.1 Å². The first-order chi connectivity index (χ1) is 10.6. The highest BCUT2D eigenvalue weighted by Gasteiger charge is 2.18. The van der Waals surface area contributed by atoms with Gasteiger partial charge in [-0.25, -0.2) is 0 Å². The van der Waals surface area contributed by atoms with E-state index >= 15 is 0 Å². The molecule has 0 radical (unpaired) electrons. The third-order valence-corrected chi connectivity index (χ3v) is 3.36. The minimum absolute atomic E-state index is 0.0939. The highest BCUT2D eigenvalue weighted by Crippen LogP contribution is 2.16. The quantitative estimate of drug-likeness (QED) is 0.821. The van der Waals surface area contributed by atoms with Gasteiger partial charge in [0.1, 0.15) is 0 Å². The molecular formula is C17H22N2O3. The Morgan fingerprint density at radius 1 is 1.32 bits per heavy atom. The first-order valence-corrected chi connectivity index (χ1v) is 7.51. The Labute approximate surface area is 130 Å². The van der Waals surface area contributed by atoms with Crippen LogP contribution in [0, 0.1) is 0 Å². The van der Waals surface area contributed by atoms with Crippen molar-refractivity contribution < 1.29 is 14.3 Å². The molecule has 1 aliphatic rings. The van der Waals surface area contributed by atoms with E-state index in [1.165, 1.54) is 6.08 Å². The Morgan fingerprint density at radius 3 is 2.77 bits per heavy atom. The zero-order chi connectivity index (χ0) is 15.9. The number of amides is 2. The Balaban J connectivity index is 2.01. The van der Waals surface area contributed by atoms with Crippen LogP contribution in [0.5, 0.6) is 0 Å². The zero-order valence-electron chi connectivity index (χ0n) is 13.0. The molecule has 2 N–H and O–H groups in total. The maximum absolute atomic E-state index is 12.3. The molecule has 1 unspecified atom stereocenters. The number of benzene rings is 1. The largest absolute Gasteiger partial charge is 0.376 e. The van der Waals surface area contributed by atoms with Gasteiger partial charge in [-0.2, -0.15) is 0 Å². The number of hydrogen-bond acceptors (Lipinski definition) is 3. The topological polar surface area (TPSA) is 67.4 Å². The first kappa shape index (κ1) is 16.2. The van der Waals surface area contributed by atoms with Gasteiger partial charge in [0.15, 0.2) is 0 Å². The van der Waals surface area contributed by atoms with Crippen LogP contribution < -0.4 is 10.6 Å². The van der Waals surface area contributed by atoms with E-state index in [2.05, 4.69) is 10.6 Å². The van der Waals surface area contributed by atoms with Crippen LogP contribution >= 0.6 is 0 Å². The fourth-order valence-corrected chi connectivity index (χ4v) is 2.33. The standard InChI is InChI=1S/C17H22N2O3/c1-12(2)10-16(20)19-15-8-4-3-7-14(15)17(21)18-11-13-6-5-9-22-13/h3-4,7-8,10,13H,5-6,9,11H2,1-2H3,(H,18,21)(H,19,20). The van der Waals surface area contributed by atoms with Crippen LogP contribution in [0.1, 0.15) is 37.0 Å². The minimum atomic E-state index is -0.237. The van der Waals surface area contributed by atoms with Crippen LogP contribution in [0.2, 0.25) is 0 Å². The van der Waals surface area contributed by atoms with Crippen molar-refractivity contribution in [2.24, 2.45) is 0 Å². The molecule has 5 heteroatoms. The molecule has 1 fully saturated rings. The van der Waals surface area contributed by atoms with Crippen molar-refractivity contribution in [3.63, 3.8) is 0 Å². The molecule has 1 aromatic rings. The molecular weight excluding hydrogens is 280 g/mol. The Kier molecular flexibility index (Phi) is 5.72. The number of ether oxygens (including phenoxy) is 1. The van der Waals surface area contributed by atoms with Gasteiger partial charge in [-0.3, -0.25) is 9.59 Å². The summed E-state index contributed by atoms with van der Waals surface area (Å²) in [6.45, 7) is 4.95. The van der Waals surface area contributed by atoms with Gasteiger partial charge in [-0.15, -0.1) is 0 Å². The average Bonchev–Trinajstić information content (AvgIpc) is 2.97. The summed E-state index contributed by atoms with van der Waals surface area (Å²) >= 11 is 0. The lowest BCUT2D eigenvalue weighted by atomic mass is 10.1. The summed E-state index contributed by atoms with van der Waals surface area (Å²) in [5.41, 5.74) is 1.86. The lowest BCUT2D eigenvalue weighted by Crippen LogP contribution is -2.32. The second kappa shape index (κ2) is 7.75. The normalized spacial score (nSPS) is 16.9. The van der Waals surface area contributed by atoms with Gasteiger partial charge in [0.2, 0.25) is 5.91 Å². The van der Waals surface area contributed by atoms with Gasteiger partial charge in [-0.1, -0.05) is 17.7 Å². The molecule has 22 heavy (non-hydrogen) atoms. The molecule has 1 atom stereocenters. The lowest BCUT2D eigenvalue weighted by molar-refractivity contribution is -0.111. The molecule has 5 nitrogen and oxygen atoms in total. The molecule has 1 aliphatic heterocycles. The summed E-state index contributed by atoms with van der Waals surface area (Å²) in [6.07, 6.45) is 3.60. The van der Waals surface area contributed by atoms with Gasteiger partial charge < -0.3 is 15.4 Å². The number of nitrogens with one attached hydrogen (secondary N) is 2. The van der Waals surface area contributed by atoms with Crippen molar-refractivity contribution in [2.75, 3.05) is 18.5 Å². The average molecular weight is 302 g/mol. The van der Waals surface area contributed by atoms with E-state index in [0.717, 1.165) is 25.0 Å². The molecule has 1 heterocycles. The Morgan fingerprint density at radius 2 is 2.09 bits per heavy atom. The fourth-order valence-electron chi connectivity index (χ4n) is 2.33. The molecule has 0 spiro atoms. The van der Waals surface area contributed by atoms with Crippen molar-refractivity contribution in [1.82, 2.24) is 5.32 Å². The van der Waals surface area contributed by atoms with Crippen molar-refractivity contribution in [1.29, 1.82) is 0 Å². The number of allylic oxidation sites excluding steroid dienone is 1. The summed E-state index contributed by atoms with van der Waals surface area (Å²) in [5.74, 6) is -0.442.